The van der Waals surface area contributed by atoms with Crippen molar-refractivity contribution in [2.45, 2.75) is 38.6 Å². The minimum atomic E-state index is 0.00633. The molecule has 2 amide bonds. The van der Waals surface area contributed by atoms with Gasteiger partial charge in [-0.25, -0.2) is 0 Å². The van der Waals surface area contributed by atoms with E-state index in [1.54, 1.807) is 13.2 Å². The van der Waals surface area contributed by atoms with Crippen molar-refractivity contribution < 1.29 is 14.3 Å². The average Bonchev–Trinajstić information content (AvgIpc) is 3.14. The zero-order chi connectivity index (χ0) is 19.2. The third kappa shape index (κ3) is 5.07. The number of H-pyrrole nitrogens is 1. The monoisotopic (exact) mass is 377 g/mol. The van der Waals surface area contributed by atoms with Gasteiger partial charge < -0.3 is 15.0 Å². The standard InChI is InChI=1S/C19H31N5O3/c1-14-12-17(22-21-14)19(26)23-9-5-16(6-10-23)24-8-3-4-15(13-24)18(25)20-7-11-27-2/h12,15-16H,3-11,13H2,1-2H3,(H,20,25)(H,21,22)/t15-/m0/s1. The lowest BCUT2D eigenvalue weighted by Gasteiger charge is -2.41. The summed E-state index contributed by atoms with van der Waals surface area (Å²) in [6, 6.07) is 2.25. The predicted molar refractivity (Wildman–Crippen MR) is 101 cm³/mol. The van der Waals surface area contributed by atoms with Crippen LogP contribution in [0.15, 0.2) is 6.07 Å². The lowest BCUT2D eigenvalue weighted by Crippen LogP contribution is -2.51. The summed E-state index contributed by atoms with van der Waals surface area (Å²) >= 11 is 0. The molecule has 0 radical (unpaired) electrons. The van der Waals surface area contributed by atoms with Crippen LogP contribution < -0.4 is 5.32 Å². The number of carbonyl (C=O) groups is 2. The van der Waals surface area contributed by atoms with Crippen LogP contribution in [0.2, 0.25) is 0 Å². The van der Waals surface area contributed by atoms with Crippen molar-refractivity contribution >= 4 is 11.8 Å². The van der Waals surface area contributed by atoms with Gasteiger partial charge in [0.25, 0.3) is 5.91 Å². The number of carbonyl (C=O) groups excluding carboxylic acids is 2. The summed E-state index contributed by atoms with van der Waals surface area (Å²) in [5.41, 5.74) is 1.40. The summed E-state index contributed by atoms with van der Waals surface area (Å²) < 4.78 is 4.99. The van der Waals surface area contributed by atoms with Crippen LogP contribution in [0.3, 0.4) is 0 Å². The fraction of sp³-hybridized carbons (Fsp3) is 0.737. The van der Waals surface area contributed by atoms with Gasteiger partial charge in [0.05, 0.1) is 12.5 Å². The fourth-order valence-corrected chi connectivity index (χ4v) is 4.10. The number of nitrogens with one attached hydrogen (secondary N) is 2. The van der Waals surface area contributed by atoms with E-state index in [0.717, 1.165) is 57.6 Å². The molecular weight excluding hydrogens is 346 g/mol. The van der Waals surface area contributed by atoms with Crippen LogP contribution in [0.5, 0.6) is 0 Å². The van der Waals surface area contributed by atoms with Gasteiger partial charge in [0.2, 0.25) is 5.91 Å². The maximum atomic E-state index is 12.5. The number of amides is 2. The number of piperidine rings is 2. The first-order valence-corrected chi connectivity index (χ1v) is 9.90. The van der Waals surface area contributed by atoms with Crippen molar-refractivity contribution in [2.75, 3.05) is 46.4 Å². The number of hydrogen-bond donors (Lipinski definition) is 2. The maximum absolute atomic E-state index is 12.5. The average molecular weight is 377 g/mol. The molecule has 3 heterocycles. The third-order valence-electron chi connectivity index (χ3n) is 5.62. The van der Waals surface area contributed by atoms with E-state index in [0.29, 0.717) is 24.9 Å². The number of aryl methyl sites for hydroxylation is 1. The molecular formula is C19H31N5O3. The Labute approximate surface area is 160 Å². The number of rotatable bonds is 6. The molecule has 2 aliphatic rings. The Morgan fingerprint density at radius 1 is 1.30 bits per heavy atom. The number of aromatic amines is 1. The molecule has 1 aromatic heterocycles. The largest absolute Gasteiger partial charge is 0.383 e. The molecule has 2 saturated heterocycles. The first kappa shape index (κ1) is 19.8. The van der Waals surface area contributed by atoms with E-state index in [9.17, 15) is 9.59 Å². The highest BCUT2D eigenvalue weighted by Gasteiger charge is 2.32. The van der Waals surface area contributed by atoms with Crippen LogP contribution in [0.1, 0.15) is 41.9 Å². The van der Waals surface area contributed by atoms with Gasteiger partial charge in [-0.15, -0.1) is 0 Å². The van der Waals surface area contributed by atoms with Gasteiger partial charge >= 0.3 is 0 Å². The molecule has 27 heavy (non-hydrogen) atoms. The summed E-state index contributed by atoms with van der Waals surface area (Å²) in [7, 11) is 1.64. The van der Waals surface area contributed by atoms with Crippen molar-refractivity contribution in [2.24, 2.45) is 5.92 Å². The number of ether oxygens (including phenoxy) is 1. The first-order valence-electron chi connectivity index (χ1n) is 9.90. The van der Waals surface area contributed by atoms with Gasteiger partial charge in [-0.3, -0.25) is 19.6 Å². The van der Waals surface area contributed by atoms with Crippen LogP contribution in [-0.2, 0) is 9.53 Å². The van der Waals surface area contributed by atoms with Gasteiger partial charge in [0.1, 0.15) is 5.69 Å². The van der Waals surface area contributed by atoms with E-state index in [2.05, 4.69) is 20.4 Å². The molecule has 0 spiro atoms. The van der Waals surface area contributed by atoms with E-state index in [-0.39, 0.29) is 17.7 Å². The second kappa shape index (κ2) is 9.32. The number of likely N-dealkylation sites (tertiary alicyclic amines) is 2. The van der Waals surface area contributed by atoms with Crippen molar-refractivity contribution in [3.8, 4) is 0 Å². The molecule has 0 aromatic carbocycles. The Kier molecular flexibility index (Phi) is 6.84. The SMILES string of the molecule is COCCNC(=O)[C@H]1CCCN(C2CCN(C(=O)c3cc(C)[nH]n3)CC2)C1. The summed E-state index contributed by atoms with van der Waals surface area (Å²) in [5.74, 6) is 0.201. The molecule has 1 aromatic rings. The molecule has 2 N–H and O–H groups in total. The third-order valence-corrected chi connectivity index (χ3v) is 5.62. The molecule has 0 aliphatic carbocycles. The van der Waals surface area contributed by atoms with Crippen LogP contribution in [0.4, 0.5) is 0 Å². The number of hydrogen-bond acceptors (Lipinski definition) is 5. The van der Waals surface area contributed by atoms with Gasteiger partial charge in [-0.1, -0.05) is 0 Å². The summed E-state index contributed by atoms with van der Waals surface area (Å²) in [4.78, 5) is 29.2. The van der Waals surface area contributed by atoms with Crippen molar-refractivity contribution in [3.05, 3.63) is 17.5 Å². The van der Waals surface area contributed by atoms with Gasteiger partial charge in [0, 0.05) is 45.0 Å². The molecule has 8 heteroatoms. The lowest BCUT2D eigenvalue weighted by molar-refractivity contribution is -0.127. The number of nitrogens with zero attached hydrogens (tertiary/aromatic N) is 3. The van der Waals surface area contributed by atoms with Crippen LogP contribution >= 0.6 is 0 Å². The van der Waals surface area contributed by atoms with Gasteiger partial charge in [-0.05, 0) is 45.2 Å². The normalized spacial score (nSPS) is 22.0. The zero-order valence-electron chi connectivity index (χ0n) is 16.4. The van der Waals surface area contributed by atoms with E-state index in [1.807, 2.05) is 11.8 Å². The van der Waals surface area contributed by atoms with Crippen LogP contribution in [-0.4, -0.2) is 84.3 Å². The highest BCUT2D eigenvalue weighted by atomic mass is 16.5. The topological polar surface area (TPSA) is 90.6 Å². The Hall–Kier alpha value is -1.93. The second-order valence-electron chi connectivity index (χ2n) is 7.58. The Bertz CT molecular complexity index is 639. The van der Waals surface area contributed by atoms with E-state index in [1.165, 1.54) is 0 Å². The maximum Gasteiger partial charge on any atom is 0.274 e. The number of aromatic nitrogens is 2. The fourth-order valence-electron chi connectivity index (χ4n) is 4.10. The predicted octanol–water partition coefficient (Wildman–Crippen LogP) is 0.797. The Morgan fingerprint density at radius 3 is 2.74 bits per heavy atom. The first-order chi connectivity index (χ1) is 13.1. The molecule has 1 atom stereocenters. The van der Waals surface area contributed by atoms with Crippen molar-refractivity contribution in [1.29, 1.82) is 0 Å². The molecule has 150 valence electrons. The minimum Gasteiger partial charge on any atom is -0.383 e. The van der Waals surface area contributed by atoms with E-state index in [4.69, 9.17) is 4.74 Å². The summed E-state index contributed by atoms with van der Waals surface area (Å²) in [5, 5.41) is 9.88. The number of methoxy groups -OCH3 is 1. The molecule has 0 unspecified atom stereocenters. The second-order valence-corrected chi connectivity index (χ2v) is 7.58. The Balaban J connectivity index is 1.47. The molecule has 0 bridgehead atoms. The smallest absolute Gasteiger partial charge is 0.274 e. The summed E-state index contributed by atoms with van der Waals surface area (Å²) in [6.07, 6.45) is 3.90. The lowest BCUT2D eigenvalue weighted by atomic mass is 9.93. The highest BCUT2D eigenvalue weighted by Crippen LogP contribution is 2.24. The zero-order valence-corrected chi connectivity index (χ0v) is 16.4. The highest BCUT2D eigenvalue weighted by molar-refractivity contribution is 5.92. The van der Waals surface area contributed by atoms with Crippen molar-refractivity contribution in [1.82, 2.24) is 25.3 Å². The van der Waals surface area contributed by atoms with Gasteiger partial charge in [0.15, 0.2) is 0 Å². The molecule has 2 fully saturated rings. The van der Waals surface area contributed by atoms with Gasteiger partial charge in [-0.2, -0.15) is 5.10 Å². The van der Waals surface area contributed by atoms with E-state index >= 15 is 0 Å². The van der Waals surface area contributed by atoms with Crippen LogP contribution in [0, 0.1) is 12.8 Å². The van der Waals surface area contributed by atoms with Crippen molar-refractivity contribution in [3.63, 3.8) is 0 Å². The Morgan fingerprint density at radius 2 is 2.07 bits per heavy atom. The molecule has 8 nitrogen and oxygen atoms in total. The molecule has 0 saturated carbocycles. The minimum absolute atomic E-state index is 0.00633. The summed E-state index contributed by atoms with van der Waals surface area (Å²) in [6.45, 7) is 6.36. The quantitative estimate of drug-likeness (QED) is 0.716. The van der Waals surface area contributed by atoms with E-state index < -0.39 is 0 Å². The molecule has 3 rings (SSSR count). The van der Waals surface area contributed by atoms with Crippen LogP contribution in [0.25, 0.3) is 0 Å². The molecule has 2 aliphatic heterocycles.